The molecule has 0 radical (unpaired) electrons. The van der Waals surface area contributed by atoms with E-state index in [1.165, 1.54) is 24.7 Å². The molecule has 0 spiro atoms. The Morgan fingerprint density at radius 1 is 1.26 bits per heavy atom. The molecule has 1 amide bonds. The number of rotatable bonds is 3. The predicted octanol–water partition coefficient (Wildman–Crippen LogP) is 3.99. The molecule has 1 atom stereocenters. The number of nitriles is 1. The van der Waals surface area contributed by atoms with E-state index in [9.17, 15) is 4.79 Å². The maximum Gasteiger partial charge on any atom is 0.210 e. The first-order valence-corrected chi connectivity index (χ1v) is 11.8. The number of fused-ring (bicyclic) bond motifs is 1. The summed E-state index contributed by atoms with van der Waals surface area (Å²) in [6, 6.07) is 3.85. The number of terminal acetylenes is 1. The van der Waals surface area contributed by atoms with Crippen molar-refractivity contribution in [1.29, 1.82) is 5.26 Å². The number of amides is 1. The summed E-state index contributed by atoms with van der Waals surface area (Å²) in [5.74, 6) is 3.12. The van der Waals surface area contributed by atoms with Crippen LogP contribution in [0.5, 0.6) is 0 Å². The highest BCUT2D eigenvalue weighted by molar-refractivity contribution is 6.04. The van der Waals surface area contributed by atoms with Crippen LogP contribution >= 0.6 is 0 Å². The summed E-state index contributed by atoms with van der Waals surface area (Å²) in [7, 11) is 2.02. The van der Waals surface area contributed by atoms with E-state index < -0.39 is 0 Å². The molecule has 0 aromatic carbocycles. The number of carbonyl (C=O) groups excluding carboxylic acids is 1. The summed E-state index contributed by atoms with van der Waals surface area (Å²) in [5.41, 5.74) is 13.4. The van der Waals surface area contributed by atoms with Gasteiger partial charge in [-0.1, -0.05) is 12.0 Å². The van der Waals surface area contributed by atoms with Crippen LogP contribution in [-0.2, 0) is 11.8 Å². The molecule has 35 heavy (non-hydrogen) atoms. The van der Waals surface area contributed by atoms with E-state index in [1.54, 1.807) is 4.90 Å². The lowest BCUT2D eigenvalue weighted by Gasteiger charge is -2.16. The zero-order valence-electron chi connectivity index (χ0n) is 20.2. The highest BCUT2D eigenvalue weighted by atomic mass is 16.1. The van der Waals surface area contributed by atoms with E-state index in [4.69, 9.17) is 17.4 Å². The van der Waals surface area contributed by atoms with Crippen molar-refractivity contribution in [2.75, 3.05) is 12.3 Å². The van der Waals surface area contributed by atoms with Gasteiger partial charge in [0.05, 0.1) is 17.1 Å². The minimum Gasteiger partial charge on any atom is -0.383 e. The van der Waals surface area contributed by atoms with Crippen LogP contribution in [0.2, 0.25) is 0 Å². The first-order chi connectivity index (χ1) is 17.0. The second kappa shape index (κ2) is 10.4. The molecule has 0 bridgehead atoms. The summed E-state index contributed by atoms with van der Waals surface area (Å²) in [4.78, 5) is 24.9. The van der Waals surface area contributed by atoms with E-state index in [-0.39, 0.29) is 6.04 Å². The number of likely N-dealkylation sites (tertiary alicyclic amines) is 1. The Kier molecular flexibility index (Phi) is 7.12. The number of hydrogen-bond acceptors (Lipinski definition) is 6. The smallest absolute Gasteiger partial charge is 0.210 e. The van der Waals surface area contributed by atoms with Gasteiger partial charge >= 0.3 is 0 Å². The van der Waals surface area contributed by atoms with Crippen LogP contribution in [0.1, 0.15) is 55.3 Å². The van der Waals surface area contributed by atoms with E-state index in [2.05, 4.69) is 44.5 Å². The highest BCUT2D eigenvalue weighted by Crippen LogP contribution is 2.42. The van der Waals surface area contributed by atoms with Crippen LogP contribution < -0.4 is 5.73 Å². The Bertz CT molecular complexity index is 1370. The van der Waals surface area contributed by atoms with Gasteiger partial charge in [0.2, 0.25) is 6.41 Å². The number of nitrogens with zero attached hydrogens (tertiary/aromatic N) is 6. The van der Waals surface area contributed by atoms with Gasteiger partial charge in [-0.3, -0.25) is 4.79 Å². The van der Waals surface area contributed by atoms with Crippen LogP contribution in [0.3, 0.4) is 0 Å². The molecule has 3 aromatic rings. The third-order valence-corrected chi connectivity index (χ3v) is 6.70. The van der Waals surface area contributed by atoms with Crippen LogP contribution in [0, 0.1) is 30.6 Å². The monoisotopic (exact) mass is 467 g/mol. The standard InChI is InChI=1S/C21H21N5.C6H8N2O/c1-4-15-10-13(2)16(11-23-15)19-17(14-8-6-5-7-9-14)18-20(22)24-12-25-21(18)26(19)3;7-4-6-2-1-3-8(6)5-9/h1,8,10-12H,5-7,9H2,2-3H3,(H2,22,24,25);5-6H,1-3H2. The molecule has 1 aliphatic carbocycles. The van der Waals surface area contributed by atoms with E-state index in [0.717, 1.165) is 72.1 Å². The molecule has 2 aliphatic rings. The maximum absolute atomic E-state index is 10.2. The lowest BCUT2D eigenvalue weighted by atomic mass is 9.90. The van der Waals surface area contributed by atoms with Crippen LogP contribution in [-0.4, -0.2) is 43.4 Å². The number of anilines is 1. The molecular weight excluding hydrogens is 438 g/mol. The number of aromatic nitrogens is 4. The number of hydrogen-bond donors (Lipinski definition) is 1. The molecule has 178 valence electrons. The molecule has 8 nitrogen and oxygen atoms in total. The van der Waals surface area contributed by atoms with Crippen molar-refractivity contribution in [2.45, 2.75) is 51.5 Å². The van der Waals surface area contributed by atoms with Gasteiger partial charge in [0, 0.05) is 30.9 Å². The summed E-state index contributed by atoms with van der Waals surface area (Å²) < 4.78 is 2.09. The van der Waals surface area contributed by atoms with Crippen molar-refractivity contribution in [2.24, 2.45) is 7.05 Å². The Morgan fingerprint density at radius 2 is 2.09 bits per heavy atom. The van der Waals surface area contributed by atoms with Gasteiger partial charge in [0.15, 0.2) is 0 Å². The van der Waals surface area contributed by atoms with Crippen LogP contribution in [0.4, 0.5) is 5.82 Å². The fourth-order valence-electron chi connectivity index (χ4n) is 4.91. The van der Waals surface area contributed by atoms with Gasteiger partial charge in [-0.15, -0.1) is 6.42 Å². The predicted molar refractivity (Wildman–Crippen MR) is 137 cm³/mol. The Morgan fingerprint density at radius 3 is 2.71 bits per heavy atom. The number of nitrogens with two attached hydrogens (primary N) is 1. The van der Waals surface area contributed by atoms with Crippen molar-refractivity contribution >= 4 is 28.8 Å². The van der Waals surface area contributed by atoms with Gasteiger partial charge in [-0.25, -0.2) is 15.0 Å². The fourth-order valence-corrected chi connectivity index (χ4v) is 4.91. The zero-order chi connectivity index (χ0) is 24.9. The van der Waals surface area contributed by atoms with Gasteiger partial charge in [-0.2, -0.15) is 5.26 Å². The minimum atomic E-state index is -0.150. The second-order valence-electron chi connectivity index (χ2n) is 8.87. The summed E-state index contributed by atoms with van der Waals surface area (Å²) in [5, 5.41) is 9.35. The molecule has 0 saturated carbocycles. The quantitative estimate of drug-likeness (QED) is 0.460. The van der Waals surface area contributed by atoms with Crippen LogP contribution in [0.25, 0.3) is 27.9 Å². The normalized spacial score (nSPS) is 17.2. The highest BCUT2D eigenvalue weighted by Gasteiger charge is 2.25. The minimum absolute atomic E-state index is 0.150. The van der Waals surface area contributed by atoms with Gasteiger partial charge in [0.1, 0.15) is 29.5 Å². The molecule has 1 unspecified atom stereocenters. The third kappa shape index (κ3) is 4.61. The SMILES string of the molecule is C#Cc1cc(C)c(-c2c(C3=CCCCC3)c3c(N)ncnc3n2C)cn1.N#CC1CCCN1C=O. The average Bonchev–Trinajstić information content (AvgIpc) is 3.48. The topological polar surface area (TPSA) is 114 Å². The van der Waals surface area contributed by atoms with E-state index in [0.29, 0.717) is 11.5 Å². The fraction of sp³-hybridized carbons (Fsp3) is 0.370. The van der Waals surface area contributed by atoms with Crippen molar-refractivity contribution in [3.8, 4) is 29.7 Å². The number of nitrogen functional groups attached to an aromatic ring is 1. The van der Waals surface area contributed by atoms with Gasteiger partial charge < -0.3 is 15.2 Å². The molecule has 3 aromatic heterocycles. The lowest BCUT2D eigenvalue weighted by Crippen LogP contribution is -2.25. The van der Waals surface area contributed by atoms with Crippen molar-refractivity contribution in [3.05, 3.63) is 41.5 Å². The van der Waals surface area contributed by atoms with Gasteiger partial charge in [0.25, 0.3) is 0 Å². The van der Waals surface area contributed by atoms with E-state index >= 15 is 0 Å². The Balaban J connectivity index is 0.000000271. The average molecular weight is 468 g/mol. The zero-order valence-corrected chi connectivity index (χ0v) is 20.2. The molecule has 1 aliphatic heterocycles. The van der Waals surface area contributed by atoms with Gasteiger partial charge in [-0.05, 0) is 62.7 Å². The molecule has 4 heterocycles. The number of pyridine rings is 1. The summed E-state index contributed by atoms with van der Waals surface area (Å²) in [6.45, 7) is 2.81. The number of aryl methyl sites for hydroxylation is 2. The molecule has 1 saturated heterocycles. The number of carbonyl (C=O) groups is 1. The Labute approximate surface area is 205 Å². The summed E-state index contributed by atoms with van der Waals surface area (Å²) in [6.07, 6.45) is 18.3. The van der Waals surface area contributed by atoms with Crippen molar-refractivity contribution in [1.82, 2.24) is 24.4 Å². The third-order valence-electron chi connectivity index (χ3n) is 6.70. The summed E-state index contributed by atoms with van der Waals surface area (Å²) >= 11 is 0. The number of allylic oxidation sites excluding steroid dienone is 2. The Hall–Kier alpha value is -4.17. The second-order valence-corrected chi connectivity index (χ2v) is 8.87. The van der Waals surface area contributed by atoms with E-state index in [1.807, 2.05) is 19.3 Å². The molecular formula is C27H29N7O. The molecule has 1 fully saturated rings. The molecule has 8 heteroatoms. The largest absolute Gasteiger partial charge is 0.383 e. The first kappa shape index (κ1) is 24.0. The maximum atomic E-state index is 10.2. The first-order valence-electron chi connectivity index (χ1n) is 11.8. The van der Waals surface area contributed by atoms with Crippen molar-refractivity contribution < 1.29 is 4.79 Å². The molecule has 2 N–H and O–H groups in total. The van der Waals surface area contributed by atoms with Crippen molar-refractivity contribution in [3.63, 3.8) is 0 Å². The lowest BCUT2D eigenvalue weighted by molar-refractivity contribution is -0.118. The van der Waals surface area contributed by atoms with Crippen LogP contribution in [0.15, 0.2) is 24.7 Å². The molecule has 5 rings (SSSR count).